The van der Waals surface area contributed by atoms with Gasteiger partial charge in [0, 0.05) is 37.8 Å². The van der Waals surface area contributed by atoms with Gasteiger partial charge >= 0.3 is 0 Å². The van der Waals surface area contributed by atoms with E-state index in [4.69, 9.17) is 0 Å². The number of benzene rings is 3. The van der Waals surface area contributed by atoms with Crippen molar-refractivity contribution >= 4 is 5.91 Å². The van der Waals surface area contributed by atoms with E-state index in [-0.39, 0.29) is 5.91 Å². The van der Waals surface area contributed by atoms with Crippen molar-refractivity contribution in [1.82, 2.24) is 30.0 Å². The molecule has 6 rings (SSSR count). The van der Waals surface area contributed by atoms with Gasteiger partial charge in [-0.1, -0.05) is 48.5 Å². The highest BCUT2D eigenvalue weighted by molar-refractivity contribution is 5.96. The molecule has 1 atom stereocenters. The zero-order valence-electron chi connectivity index (χ0n) is 20.5. The zero-order valence-corrected chi connectivity index (χ0v) is 20.5. The molecule has 7 nitrogen and oxygen atoms in total. The number of hydrogen-bond acceptors (Lipinski definition) is 5. The molecule has 1 unspecified atom stereocenters. The Morgan fingerprint density at radius 3 is 2.47 bits per heavy atom. The van der Waals surface area contributed by atoms with Crippen LogP contribution in [0.15, 0.2) is 73.1 Å². The predicted octanol–water partition coefficient (Wildman–Crippen LogP) is 3.95. The second kappa shape index (κ2) is 9.66. The largest absolute Gasteiger partial charge is 0.336 e. The van der Waals surface area contributed by atoms with Crippen molar-refractivity contribution in [3.8, 4) is 16.8 Å². The lowest BCUT2D eigenvalue weighted by atomic mass is 9.87. The van der Waals surface area contributed by atoms with Gasteiger partial charge in [-0.05, 0) is 82.6 Å². The Bertz CT molecular complexity index is 1370. The lowest BCUT2D eigenvalue weighted by Gasteiger charge is -2.41. The van der Waals surface area contributed by atoms with E-state index >= 15 is 0 Å². The van der Waals surface area contributed by atoms with Gasteiger partial charge in [-0.25, -0.2) is 4.68 Å². The molecule has 7 heteroatoms. The lowest BCUT2D eigenvalue weighted by molar-refractivity contribution is 0.0553. The summed E-state index contributed by atoms with van der Waals surface area (Å²) in [7, 11) is 0. The average Bonchev–Trinajstić information content (AvgIpc) is 3.48. The molecule has 0 radical (unpaired) electrons. The number of nitrogens with zero attached hydrogens (tertiary/aromatic N) is 6. The Morgan fingerprint density at radius 2 is 1.69 bits per heavy atom. The molecular weight excluding hydrogens is 448 g/mol. The molecule has 1 amide bonds. The van der Waals surface area contributed by atoms with Crippen LogP contribution in [0.4, 0.5) is 0 Å². The topological polar surface area (TPSA) is 67.2 Å². The van der Waals surface area contributed by atoms with Crippen molar-refractivity contribution in [1.29, 1.82) is 0 Å². The summed E-state index contributed by atoms with van der Waals surface area (Å²) in [6.45, 7) is 5.40. The van der Waals surface area contributed by atoms with E-state index in [0.29, 0.717) is 11.6 Å². The highest BCUT2D eigenvalue weighted by Gasteiger charge is 2.29. The average molecular weight is 479 g/mol. The molecule has 1 saturated heterocycles. The van der Waals surface area contributed by atoms with Crippen LogP contribution in [0.5, 0.6) is 0 Å². The highest BCUT2D eigenvalue weighted by Crippen LogP contribution is 2.29. The Hall–Kier alpha value is -3.84. The van der Waals surface area contributed by atoms with Crippen LogP contribution < -0.4 is 0 Å². The molecule has 182 valence electrons. The van der Waals surface area contributed by atoms with Gasteiger partial charge in [0.05, 0.1) is 5.69 Å². The summed E-state index contributed by atoms with van der Waals surface area (Å²) in [5.74, 6) is 0.0633. The van der Waals surface area contributed by atoms with Gasteiger partial charge in [-0.2, -0.15) is 0 Å². The number of aromatic nitrogens is 4. The van der Waals surface area contributed by atoms with Crippen LogP contribution in [0.1, 0.15) is 33.5 Å². The van der Waals surface area contributed by atoms with Gasteiger partial charge in [0.1, 0.15) is 6.33 Å². The molecular formula is C29H30N6O. The Balaban J connectivity index is 1.21. The first-order chi connectivity index (χ1) is 17.7. The third kappa shape index (κ3) is 4.42. The number of fused-ring (bicyclic) bond motifs is 1. The fourth-order valence-corrected chi connectivity index (χ4v) is 5.66. The maximum Gasteiger partial charge on any atom is 0.254 e. The molecule has 0 saturated carbocycles. The SMILES string of the molecule is Cc1ccccc1-c1cc(C(=O)N2CCN(C3CCc4ccccc4C3)CC2)cc(-n2cnnn2)c1. The Labute approximate surface area is 211 Å². The van der Waals surface area contributed by atoms with E-state index in [1.165, 1.54) is 17.5 Å². The lowest BCUT2D eigenvalue weighted by Crippen LogP contribution is -2.53. The summed E-state index contributed by atoms with van der Waals surface area (Å²) >= 11 is 0. The first-order valence-corrected chi connectivity index (χ1v) is 12.7. The predicted molar refractivity (Wildman–Crippen MR) is 139 cm³/mol. The second-order valence-corrected chi connectivity index (χ2v) is 9.83. The van der Waals surface area contributed by atoms with Gasteiger partial charge in [0.25, 0.3) is 5.91 Å². The molecule has 4 aromatic rings. The van der Waals surface area contributed by atoms with E-state index in [1.807, 2.05) is 35.2 Å². The zero-order chi connectivity index (χ0) is 24.5. The summed E-state index contributed by atoms with van der Waals surface area (Å²) in [4.78, 5) is 18.3. The molecule has 1 fully saturated rings. The first kappa shape index (κ1) is 22.6. The van der Waals surface area contributed by atoms with E-state index in [9.17, 15) is 4.79 Å². The third-order valence-corrected chi connectivity index (χ3v) is 7.67. The number of amides is 1. The van der Waals surface area contributed by atoms with Gasteiger partial charge in [0.2, 0.25) is 0 Å². The fraction of sp³-hybridized carbons (Fsp3) is 0.310. The molecule has 1 aliphatic carbocycles. The summed E-state index contributed by atoms with van der Waals surface area (Å²) in [6, 6.07) is 23.5. The summed E-state index contributed by atoms with van der Waals surface area (Å²) in [5.41, 5.74) is 7.68. The van der Waals surface area contributed by atoms with Crippen LogP contribution in [-0.2, 0) is 12.8 Å². The molecule has 2 aliphatic rings. The number of aryl methyl sites for hydroxylation is 2. The quantitative estimate of drug-likeness (QED) is 0.444. The van der Waals surface area contributed by atoms with Crippen LogP contribution >= 0.6 is 0 Å². The van der Waals surface area contributed by atoms with Crippen molar-refractivity contribution in [2.75, 3.05) is 26.2 Å². The van der Waals surface area contributed by atoms with Crippen molar-refractivity contribution in [3.63, 3.8) is 0 Å². The van der Waals surface area contributed by atoms with Crippen molar-refractivity contribution < 1.29 is 4.79 Å². The van der Waals surface area contributed by atoms with Gasteiger partial charge in [-0.3, -0.25) is 9.69 Å². The van der Waals surface area contributed by atoms with Crippen LogP contribution in [0.25, 0.3) is 16.8 Å². The number of tetrazole rings is 1. The Morgan fingerprint density at radius 1 is 0.917 bits per heavy atom. The molecule has 0 spiro atoms. The van der Waals surface area contributed by atoms with Gasteiger partial charge < -0.3 is 4.90 Å². The van der Waals surface area contributed by atoms with Crippen LogP contribution in [0.3, 0.4) is 0 Å². The molecule has 36 heavy (non-hydrogen) atoms. The maximum absolute atomic E-state index is 13.7. The number of piperazine rings is 1. The standard InChI is InChI=1S/C29H30N6O/c1-21-6-2-5-9-28(21)24-16-25(19-27(18-24)35-20-30-31-32-35)29(36)34-14-12-33(13-15-34)26-11-10-22-7-3-4-8-23(22)17-26/h2-9,16,18-20,26H,10-15,17H2,1H3. The summed E-state index contributed by atoms with van der Waals surface area (Å²) in [5, 5.41) is 11.6. The van der Waals surface area contributed by atoms with Crippen LogP contribution in [0, 0.1) is 6.92 Å². The minimum absolute atomic E-state index is 0.0633. The van der Waals surface area contributed by atoms with Crippen molar-refractivity contribution in [2.45, 2.75) is 32.2 Å². The monoisotopic (exact) mass is 478 g/mol. The third-order valence-electron chi connectivity index (χ3n) is 7.67. The number of rotatable bonds is 4. The molecule has 1 aliphatic heterocycles. The fourth-order valence-electron chi connectivity index (χ4n) is 5.66. The maximum atomic E-state index is 13.7. The van der Waals surface area contributed by atoms with E-state index in [2.05, 4.69) is 63.7 Å². The van der Waals surface area contributed by atoms with Crippen LogP contribution in [-0.4, -0.2) is 68.1 Å². The molecule has 2 heterocycles. The molecule has 3 aromatic carbocycles. The number of carbonyl (C=O) groups excluding carboxylic acids is 1. The normalized spacial score (nSPS) is 18.1. The second-order valence-electron chi connectivity index (χ2n) is 9.83. The minimum atomic E-state index is 0.0633. The number of carbonyl (C=O) groups is 1. The molecule has 0 N–H and O–H groups in total. The summed E-state index contributed by atoms with van der Waals surface area (Å²) in [6.07, 6.45) is 5.01. The Kier molecular flexibility index (Phi) is 6.07. The van der Waals surface area contributed by atoms with Gasteiger partial charge in [-0.15, -0.1) is 5.10 Å². The van der Waals surface area contributed by atoms with Gasteiger partial charge in [0.15, 0.2) is 0 Å². The first-order valence-electron chi connectivity index (χ1n) is 12.7. The van der Waals surface area contributed by atoms with Crippen LogP contribution in [0.2, 0.25) is 0 Å². The van der Waals surface area contributed by atoms with E-state index < -0.39 is 0 Å². The molecule has 0 bridgehead atoms. The van der Waals surface area contributed by atoms with E-state index in [0.717, 1.165) is 61.4 Å². The number of hydrogen-bond donors (Lipinski definition) is 0. The minimum Gasteiger partial charge on any atom is -0.336 e. The smallest absolute Gasteiger partial charge is 0.254 e. The highest BCUT2D eigenvalue weighted by atomic mass is 16.2. The van der Waals surface area contributed by atoms with Crippen molar-refractivity contribution in [3.05, 3.63) is 95.3 Å². The van der Waals surface area contributed by atoms with E-state index in [1.54, 1.807) is 11.0 Å². The summed E-state index contributed by atoms with van der Waals surface area (Å²) < 4.78 is 1.61. The van der Waals surface area contributed by atoms with Crippen molar-refractivity contribution in [2.24, 2.45) is 0 Å². The molecule has 1 aromatic heterocycles.